The Morgan fingerprint density at radius 2 is 1.95 bits per heavy atom. The first-order valence-electron chi connectivity index (χ1n) is 7.35. The molecular formula is C15H24N2O3. The number of carbonyl (C=O) groups excluding carboxylic acids is 1. The number of rotatable bonds is 7. The van der Waals surface area contributed by atoms with E-state index in [4.69, 9.17) is 6.42 Å². The van der Waals surface area contributed by atoms with Gasteiger partial charge in [-0.2, -0.15) is 0 Å². The largest absolute Gasteiger partial charge is 0.480 e. The molecule has 0 heterocycles. The number of carbonyl (C=O) groups is 2. The summed E-state index contributed by atoms with van der Waals surface area (Å²) in [6.07, 6.45) is 12.5. The van der Waals surface area contributed by atoms with Gasteiger partial charge in [0, 0.05) is 13.0 Å². The van der Waals surface area contributed by atoms with Gasteiger partial charge in [-0.25, -0.2) is 9.59 Å². The first-order chi connectivity index (χ1) is 9.65. The lowest BCUT2D eigenvalue weighted by atomic mass is 9.84. The second-order valence-electron chi connectivity index (χ2n) is 5.28. The Balaban J connectivity index is 2.31. The van der Waals surface area contributed by atoms with Gasteiger partial charge in [0.15, 0.2) is 0 Å². The van der Waals surface area contributed by atoms with Crippen LogP contribution in [-0.2, 0) is 4.79 Å². The number of terminal acetylenes is 1. The van der Waals surface area contributed by atoms with Crippen LogP contribution < -0.4 is 10.6 Å². The second kappa shape index (κ2) is 9.24. The van der Waals surface area contributed by atoms with E-state index in [9.17, 15) is 14.7 Å². The van der Waals surface area contributed by atoms with E-state index in [1.54, 1.807) is 0 Å². The molecule has 0 bridgehead atoms. The Bertz CT molecular complexity index is 357. The topological polar surface area (TPSA) is 78.4 Å². The molecule has 0 aromatic carbocycles. The summed E-state index contributed by atoms with van der Waals surface area (Å²) >= 11 is 0. The summed E-state index contributed by atoms with van der Waals surface area (Å²) in [6.45, 7) is 0.518. The molecule has 1 rings (SSSR count). The summed E-state index contributed by atoms with van der Waals surface area (Å²) in [4.78, 5) is 23.0. The van der Waals surface area contributed by atoms with Crippen molar-refractivity contribution in [1.82, 2.24) is 10.6 Å². The fraction of sp³-hybridized carbons (Fsp3) is 0.733. The summed E-state index contributed by atoms with van der Waals surface area (Å²) in [7, 11) is 0. The number of urea groups is 1. The molecule has 0 aromatic rings. The molecule has 1 unspecified atom stereocenters. The summed E-state index contributed by atoms with van der Waals surface area (Å²) in [5.41, 5.74) is 0. The second-order valence-corrected chi connectivity index (χ2v) is 5.28. The smallest absolute Gasteiger partial charge is 0.326 e. The molecule has 0 radical (unpaired) electrons. The predicted molar refractivity (Wildman–Crippen MR) is 77.2 cm³/mol. The number of carboxylic acid groups (broad SMARTS) is 1. The Morgan fingerprint density at radius 3 is 2.55 bits per heavy atom. The monoisotopic (exact) mass is 280 g/mol. The molecule has 1 aliphatic carbocycles. The van der Waals surface area contributed by atoms with Gasteiger partial charge in [-0.15, -0.1) is 12.3 Å². The molecular weight excluding hydrogens is 256 g/mol. The van der Waals surface area contributed by atoms with Gasteiger partial charge in [0.25, 0.3) is 0 Å². The zero-order valence-electron chi connectivity index (χ0n) is 11.9. The maximum atomic E-state index is 11.7. The van der Waals surface area contributed by atoms with Crippen LogP contribution in [0.15, 0.2) is 0 Å². The van der Waals surface area contributed by atoms with E-state index in [1.807, 2.05) is 0 Å². The van der Waals surface area contributed by atoms with Crippen LogP contribution in [0.1, 0.15) is 51.4 Å². The molecule has 1 aliphatic rings. The van der Waals surface area contributed by atoms with E-state index in [0.717, 1.165) is 44.9 Å². The van der Waals surface area contributed by atoms with Crippen LogP contribution in [0.4, 0.5) is 4.79 Å². The van der Waals surface area contributed by atoms with Crippen molar-refractivity contribution in [3.63, 3.8) is 0 Å². The number of hydrogen-bond donors (Lipinski definition) is 3. The number of hydrogen-bond acceptors (Lipinski definition) is 2. The van der Waals surface area contributed by atoms with Crippen molar-refractivity contribution in [2.24, 2.45) is 5.92 Å². The van der Waals surface area contributed by atoms with Gasteiger partial charge < -0.3 is 15.7 Å². The van der Waals surface area contributed by atoms with Gasteiger partial charge in [0.05, 0.1) is 0 Å². The molecule has 3 N–H and O–H groups in total. The van der Waals surface area contributed by atoms with E-state index < -0.39 is 18.0 Å². The molecule has 0 aromatic heterocycles. The summed E-state index contributed by atoms with van der Waals surface area (Å²) in [6, 6.07) is -1.18. The fourth-order valence-corrected chi connectivity index (χ4v) is 2.59. The van der Waals surface area contributed by atoms with Crippen molar-refractivity contribution in [3.8, 4) is 12.3 Å². The van der Waals surface area contributed by atoms with E-state index in [-0.39, 0.29) is 5.92 Å². The standard InChI is InChI=1S/C15H24N2O3/c1-2-3-4-8-11-16-15(20)17-13(14(18)19)12-9-6-5-7-10-12/h1,12-13H,3-11H2,(H,18,19)(H2,16,17,20). The number of aliphatic carboxylic acids is 1. The fourth-order valence-electron chi connectivity index (χ4n) is 2.59. The third kappa shape index (κ3) is 5.96. The number of carboxylic acids is 1. The van der Waals surface area contributed by atoms with Crippen LogP contribution in [0.25, 0.3) is 0 Å². The highest BCUT2D eigenvalue weighted by Gasteiger charge is 2.30. The maximum Gasteiger partial charge on any atom is 0.326 e. The summed E-state index contributed by atoms with van der Waals surface area (Å²) in [5.74, 6) is 1.64. The van der Waals surface area contributed by atoms with E-state index in [1.165, 1.54) is 0 Å². The minimum atomic E-state index is -0.945. The highest BCUT2D eigenvalue weighted by molar-refractivity contribution is 5.82. The zero-order chi connectivity index (χ0) is 14.8. The average Bonchev–Trinajstić information content (AvgIpc) is 2.45. The first-order valence-corrected chi connectivity index (χ1v) is 7.35. The van der Waals surface area contributed by atoms with Gasteiger partial charge in [-0.3, -0.25) is 0 Å². The van der Waals surface area contributed by atoms with Crippen molar-refractivity contribution in [3.05, 3.63) is 0 Å². The minimum absolute atomic E-state index is 0.0495. The minimum Gasteiger partial charge on any atom is -0.480 e. The normalized spacial score (nSPS) is 16.9. The molecule has 20 heavy (non-hydrogen) atoms. The van der Waals surface area contributed by atoms with E-state index in [0.29, 0.717) is 13.0 Å². The molecule has 0 spiro atoms. The van der Waals surface area contributed by atoms with Crippen molar-refractivity contribution < 1.29 is 14.7 Å². The van der Waals surface area contributed by atoms with E-state index >= 15 is 0 Å². The SMILES string of the molecule is C#CCCCCNC(=O)NC(C(=O)O)C1CCCCC1. The molecule has 5 nitrogen and oxygen atoms in total. The van der Waals surface area contributed by atoms with Crippen LogP contribution >= 0.6 is 0 Å². The van der Waals surface area contributed by atoms with Gasteiger partial charge in [-0.1, -0.05) is 19.3 Å². The lowest BCUT2D eigenvalue weighted by Crippen LogP contribution is -2.50. The zero-order valence-corrected chi connectivity index (χ0v) is 11.9. The van der Waals surface area contributed by atoms with Gasteiger partial charge in [0.2, 0.25) is 0 Å². The Labute approximate surface area is 120 Å². The number of nitrogens with one attached hydrogen (secondary N) is 2. The lowest BCUT2D eigenvalue weighted by Gasteiger charge is -2.28. The molecule has 5 heteroatoms. The van der Waals surface area contributed by atoms with Crippen LogP contribution in [0.3, 0.4) is 0 Å². The van der Waals surface area contributed by atoms with Gasteiger partial charge >= 0.3 is 12.0 Å². The third-order valence-corrected chi connectivity index (χ3v) is 3.71. The number of amides is 2. The van der Waals surface area contributed by atoms with Crippen LogP contribution in [0.2, 0.25) is 0 Å². The van der Waals surface area contributed by atoms with Crippen molar-refractivity contribution >= 4 is 12.0 Å². The molecule has 1 atom stereocenters. The average molecular weight is 280 g/mol. The Morgan fingerprint density at radius 1 is 1.25 bits per heavy atom. The molecule has 1 fully saturated rings. The highest BCUT2D eigenvalue weighted by Crippen LogP contribution is 2.26. The van der Waals surface area contributed by atoms with Gasteiger partial charge in [-0.05, 0) is 31.6 Å². The van der Waals surface area contributed by atoms with Crippen LogP contribution in [0.5, 0.6) is 0 Å². The predicted octanol–water partition coefficient (Wildman–Crippen LogP) is 2.12. The summed E-state index contributed by atoms with van der Waals surface area (Å²) < 4.78 is 0. The van der Waals surface area contributed by atoms with Crippen molar-refractivity contribution in [2.45, 2.75) is 57.4 Å². The maximum absolute atomic E-state index is 11.7. The molecule has 0 aliphatic heterocycles. The lowest BCUT2D eigenvalue weighted by molar-refractivity contribution is -0.141. The quantitative estimate of drug-likeness (QED) is 0.494. The van der Waals surface area contributed by atoms with Crippen molar-refractivity contribution in [1.29, 1.82) is 0 Å². The first kappa shape index (κ1) is 16.4. The van der Waals surface area contributed by atoms with Crippen LogP contribution in [0, 0.1) is 18.3 Å². The Hall–Kier alpha value is -1.70. The molecule has 112 valence electrons. The highest BCUT2D eigenvalue weighted by atomic mass is 16.4. The third-order valence-electron chi connectivity index (χ3n) is 3.71. The van der Waals surface area contributed by atoms with Crippen molar-refractivity contribution in [2.75, 3.05) is 6.54 Å². The van der Waals surface area contributed by atoms with Gasteiger partial charge in [0.1, 0.15) is 6.04 Å². The van der Waals surface area contributed by atoms with E-state index in [2.05, 4.69) is 16.6 Å². The Kier molecular flexibility index (Phi) is 7.56. The van der Waals surface area contributed by atoms with Crippen LogP contribution in [-0.4, -0.2) is 29.7 Å². The molecule has 0 saturated heterocycles. The number of unbranched alkanes of at least 4 members (excludes halogenated alkanes) is 2. The summed E-state index contributed by atoms with van der Waals surface area (Å²) in [5, 5.41) is 14.5. The molecule has 1 saturated carbocycles. The molecule has 2 amide bonds.